The zero-order valence-corrected chi connectivity index (χ0v) is 10.6. The summed E-state index contributed by atoms with van der Waals surface area (Å²) in [5, 5.41) is 18.4. The molecule has 1 aromatic carbocycles. The molecule has 0 saturated carbocycles. The summed E-state index contributed by atoms with van der Waals surface area (Å²) >= 11 is 0. The fraction of sp³-hybridized carbons (Fsp3) is 0.500. The third-order valence-corrected chi connectivity index (χ3v) is 2.85. The van der Waals surface area contributed by atoms with E-state index in [1.807, 2.05) is 38.1 Å². The highest BCUT2D eigenvalue weighted by atomic mass is 16.4. The van der Waals surface area contributed by atoms with E-state index in [0.29, 0.717) is 6.42 Å². The van der Waals surface area contributed by atoms with Gasteiger partial charge in [-0.05, 0) is 24.5 Å². The number of aliphatic hydroxyl groups is 1. The molecular weight excluding hydrogens is 216 g/mol. The van der Waals surface area contributed by atoms with Crippen molar-refractivity contribution >= 4 is 5.97 Å². The van der Waals surface area contributed by atoms with Crippen LogP contribution >= 0.6 is 0 Å². The molecule has 0 bridgehead atoms. The van der Waals surface area contributed by atoms with Crippen LogP contribution in [0.15, 0.2) is 24.3 Å². The van der Waals surface area contributed by atoms with Gasteiger partial charge in [-0.15, -0.1) is 0 Å². The van der Waals surface area contributed by atoms with Gasteiger partial charge in [-0.25, -0.2) is 0 Å². The van der Waals surface area contributed by atoms with E-state index in [0.717, 1.165) is 11.1 Å². The van der Waals surface area contributed by atoms with Gasteiger partial charge >= 0.3 is 5.97 Å². The van der Waals surface area contributed by atoms with Crippen molar-refractivity contribution in [2.24, 2.45) is 0 Å². The molecule has 0 aliphatic carbocycles. The molecule has 0 aromatic heterocycles. The van der Waals surface area contributed by atoms with Crippen LogP contribution in [0, 0.1) is 0 Å². The fourth-order valence-corrected chi connectivity index (χ4v) is 2.15. The van der Waals surface area contributed by atoms with E-state index in [4.69, 9.17) is 5.11 Å². The van der Waals surface area contributed by atoms with E-state index in [1.165, 1.54) is 0 Å². The number of benzene rings is 1. The molecule has 0 saturated heterocycles. The Balaban J connectivity index is 3.07. The largest absolute Gasteiger partial charge is 0.481 e. The maximum Gasteiger partial charge on any atom is 0.304 e. The summed E-state index contributed by atoms with van der Waals surface area (Å²) in [4.78, 5) is 10.9. The second-order valence-electron chi connectivity index (χ2n) is 5.16. The van der Waals surface area contributed by atoms with Crippen LogP contribution in [0.2, 0.25) is 0 Å². The molecule has 0 radical (unpaired) electrons. The van der Waals surface area contributed by atoms with Gasteiger partial charge in [0.25, 0.3) is 0 Å². The van der Waals surface area contributed by atoms with Gasteiger partial charge in [0.05, 0.1) is 12.5 Å². The Morgan fingerprint density at radius 3 is 2.47 bits per heavy atom. The van der Waals surface area contributed by atoms with Crippen molar-refractivity contribution in [1.82, 2.24) is 0 Å². The predicted molar refractivity (Wildman–Crippen MR) is 67.1 cm³/mol. The van der Waals surface area contributed by atoms with Gasteiger partial charge in [-0.2, -0.15) is 0 Å². The lowest BCUT2D eigenvalue weighted by Gasteiger charge is -2.26. The van der Waals surface area contributed by atoms with Crippen LogP contribution in [0.3, 0.4) is 0 Å². The van der Waals surface area contributed by atoms with Crippen LogP contribution in [0.25, 0.3) is 0 Å². The lowest BCUT2D eigenvalue weighted by molar-refractivity contribution is -0.138. The highest BCUT2D eigenvalue weighted by Gasteiger charge is 2.26. The molecule has 17 heavy (non-hydrogen) atoms. The van der Waals surface area contributed by atoms with Crippen LogP contribution in [0.5, 0.6) is 0 Å². The highest BCUT2D eigenvalue weighted by Crippen LogP contribution is 2.30. The Hall–Kier alpha value is -1.35. The number of carbonyl (C=O) groups is 1. The van der Waals surface area contributed by atoms with Crippen LogP contribution in [0.1, 0.15) is 38.3 Å². The molecule has 2 N–H and O–H groups in total. The summed E-state index contributed by atoms with van der Waals surface area (Å²) in [7, 11) is 0. The van der Waals surface area contributed by atoms with Crippen LogP contribution in [-0.4, -0.2) is 22.3 Å². The minimum absolute atomic E-state index is 0.0871. The molecule has 0 heterocycles. The van der Waals surface area contributed by atoms with E-state index in [-0.39, 0.29) is 6.42 Å². The van der Waals surface area contributed by atoms with E-state index < -0.39 is 17.5 Å². The number of hydrogen-bond donors (Lipinski definition) is 2. The first kappa shape index (κ1) is 13.7. The summed E-state index contributed by atoms with van der Waals surface area (Å²) in [6.07, 6.45) is 0.222. The first-order chi connectivity index (χ1) is 7.83. The predicted octanol–water partition coefficient (Wildman–Crippen LogP) is 2.36. The van der Waals surface area contributed by atoms with Crippen molar-refractivity contribution in [2.75, 3.05) is 0 Å². The second-order valence-corrected chi connectivity index (χ2v) is 5.16. The van der Waals surface area contributed by atoms with Gasteiger partial charge in [0.2, 0.25) is 0 Å². The highest BCUT2D eigenvalue weighted by molar-refractivity contribution is 5.69. The average Bonchev–Trinajstić information content (AvgIpc) is 2.15. The first-order valence-electron chi connectivity index (χ1n) is 5.81. The quantitative estimate of drug-likeness (QED) is 0.825. The number of carboxylic acid groups (broad SMARTS) is 1. The van der Waals surface area contributed by atoms with Gasteiger partial charge in [0, 0.05) is 5.41 Å². The number of rotatable bonds is 5. The van der Waals surface area contributed by atoms with Crippen molar-refractivity contribution in [2.45, 2.75) is 45.1 Å². The van der Waals surface area contributed by atoms with E-state index in [2.05, 4.69) is 0 Å². The summed E-state index contributed by atoms with van der Waals surface area (Å²) in [6.45, 7) is 5.57. The molecule has 1 atom stereocenters. The molecular formula is C14H20O3. The Morgan fingerprint density at radius 1 is 1.35 bits per heavy atom. The smallest absolute Gasteiger partial charge is 0.304 e. The van der Waals surface area contributed by atoms with Gasteiger partial charge in [0.1, 0.15) is 0 Å². The zero-order valence-electron chi connectivity index (χ0n) is 10.6. The number of carboxylic acids is 1. The maximum absolute atomic E-state index is 10.9. The SMILES string of the molecule is CC(O)Cc1ccccc1C(C)(C)CC(=O)O. The Morgan fingerprint density at radius 2 is 1.94 bits per heavy atom. The Labute approximate surface area is 102 Å². The zero-order chi connectivity index (χ0) is 13.1. The van der Waals surface area contributed by atoms with Crippen molar-refractivity contribution in [3.05, 3.63) is 35.4 Å². The number of aliphatic carboxylic acids is 1. The van der Waals surface area contributed by atoms with Crippen molar-refractivity contribution < 1.29 is 15.0 Å². The van der Waals surface area contributed by atoms with Gasteiger partial charge < -0.3 is 10.2 Å². The molecule has 1 aromatic rings. The first-order valence-corrected chi connectivity index (χ1v) is 5.81. The van der Waals surface area contributed by atoms with Crippen LogP contribution in [0.4, 0.5) is 0 Å². The van der Waals surface area contributed by atoms with Crippen LogP contribution < -0.4 is 0 Å². The topological polar surface area (TPSA) is 57.5 Å². The molecule has 0 amide bonds. The summed E-state index contributed by atoms with van der Waals surface area (Å²) < 4.78 is 0. The molecule has 94 valence electrons. The fourth-order valence-electron chi connectivity index (χ4n) is 2.15. The van der Waals surface area contributed by atoms with Crippen LogP contribution in [-0.2, 0) is 16.6 Å². The molecule has 0 aliphatic heterocycles. The lowest BCUT2D eigenvalue weighted by atomic mass is 9.78. The summed E-state index contributed by atoms with van der Waals surface area (Å²) in [5.41, 5.74) is 1.61. The summed E-state index contributed by atoms with van der Waals surface area (Å²) in [5.74, 6) is -0.804. The van der Waals surface area contributed by atoms with Crippen molar-refractivity contribution in [3.63, 3.8) is 0 Å². The third-order valence-electron chi connectivity index (χ3n) is 2.85. The van der Waals surface area contributed by atoms with E-state index >= 15 is 0 Å². The van der Waals surface area contributed by atoms with E-state index in [9.17, 15) is 9.90 Å². The standard InChI is InChI=1S/C14H20O3/c1-10(15)8-11-6-4-5-7-12(11)14(2,3)9-13(16)17/h4-7,10,15H,8-9H2,1-3H3,(H,16,17). The van der Waals surface area contributed by atoms with Gasteiger partial charge in [0.15, 0.2) is 0 Å². The second kappa shape index (κ2) is 5.32. The molecule has 1 rings (SSSR count). The molecule has 0 aliphatic rings. The van der Waals surface area contributed by atoms with E-state index in [1.54, 1.807) is 6.92 Å². The minimum Gasteiger partial charge on any atom is -0.481 e. The average molecular weight is 236 g/mol. The number of hydrogen-bond acceptors (Lipinski definition) is 2. The normalized spacial score (nSPS) is 13.4. The lowest BCUT2D eigenvalue weighted by Crippen LogP contribution is -2.24. The molecule has 0 fully saturated rings. The van der Waals surface area contributed by atoms with Crippen molar-refractivity contribution in [3.8, 4) is 0 Å². The van der Waals surface area contributed by atoms with Gasteiger partial charge in [-0.3, -0.25) is 4.79 Å². The third kappa shape index (κ3) is 3.86. The molecule has 3 heteroatoms. The Kier molecular flexibility index (Phi) is 4.29. The Bertz CT molecular complexity index is 394. The van der Waals surface area contributed by atoms with Gasteiger partial charge in [-0.1, -0.05) is 38.1 Å². The van der Waals surface area contributed by atoms with Crippen molar-refractivity contribution in [1.29, 1.82) is 0 Å². The number of aliphatic hydroxyl groups excluding tert-OH is 1. The molecule has 1 unspecified atom stereocenters. The molecule has 3 nitrogen and oxygen atoms in total. The summed E-state index contributed by atoms with van der Waals surface area (Å²) in [6, 6.07) is 7.72. The maximum atomic E-state index is 10.9. The monoisotopic (exact) mass is 236 g/mol. The molecule has 0 spiro atoms. The minimum atomic E-state index is -0.804.